The lowest BCUT2D eigenvalue weighted by Gasteiger charge is -2.26. The Kier molecular flexibility index (Phi) is 6.81. The third-order valence-electron chi connectivity index (χ3n) is 4.21. The predicted octanol–water partition coefficient (Wildman–Crippen LogP) is 4.50. The topological polar surface area (TPSA) is 46.6 Å². The summed E-state index contributed by atoms with van der Waals surface area (Å²) in [5, 5.41) is 3.94. The second-order valence-corrected chi connectivity index (χ2v) is 6.62. The Labute approximate surface area is 170 Å². The molecule has 1 N–H and O–H groups in total. The van der Waals surface area contributed by atoms with Crippen LogP contribution in [0.4, 0.5) is 5.69 Å². The average Bonchev–Trinajstić information content (AvgIpc) is 2.74. The van der Waals surface area contributed by atoms with E-state index in [1.807, 2.05) is 60.8 Å². The highest BCUT2D eigenvalue weighted by Gasteiger charge is 2.13. The van der Waals surface area contributed by atoms with Crippen LogP contribution in [0.25, 0.3) is 0 Å². The summed E-state index contributed by atoms with van der Waals surface area (Å²) in [5.74, 6) is 1.60. The van der Waals surface area contributed by atoms with Crippen LogP contribution in [0.1, 0.15) is 11.1 Å². The number of pyridine rings is 1. The summed E-state index contributed by atoms with van der Waals surface area (Å²) in [6.45, 7) is 1.28. The van der Waals surface area contributed by atoms with E-state index in [1.54, 1.807) is 20.4 Å². The molecule has 0 unspecified atom stereocenters. The molecular weight excluding hydrogens is 370 g/mol. The number of benzene rings is 2. The molecule has 144 valence electrons. The molecule has 0 spiro atoms. The zero-order valence-electron chi connectivity index (χ0n) is 16.0. The molecule has 0 saturated heterocycles. The van der Waals surface area contributed by atoms with Gasteiger partial charge in [-0.15, -0.1) is 0 Å². The molecule has 1 heterocycles. The van der Waals surface area contributed by atoms with Gasteiger partial charge in [0.2, 0.25) is 0 Å². The van der Waals surface area contributed by atoms with Gasteiger partial charge in [-0.05, 0) is 53.7 Å². The van der Waals surface area contributed by atoms with Crippen molar-refractivity contribution in [1.82, 2.24) is 9.88 Å². The van der Waals surface area contributed by atoms with Crippen molar-refractivity contribution in [3.8, 4) is 11.5 Å². The largest absolute Gasteiger partial charge is 0.497 e. The Morgan fingerprint density at radius 3 is 2.32 bits per heavy atom. The number of anilines is 1. The molecule has 0 amide bonds. The highest BCUT2D eigenvalue weighted by molar-refractivity contribution is 7.80. The van der Waals surface area contributed by atoms with Crippen molar-refractivity contribution in [2.45, 2.75) is 13.1 Å². The van der Waals surface area contributed by atoms with Gasteiger partial charge in [0.25, 0.3) is 0 Å². The number of aromatic nitrogens is 1. The van der Waals surface area contributed by atoms with E-state index in [2.05, 4.69) is 21.3 Å². The second-order valence-electron chi connectivity index (χ2n) is 6.23. The summed E-state index contributed by atoms with van der Waals surface area (Å²) in [6, 6.07) is 19.7. The number of thiocarbonyl (C=S) groups is 1. The first-order valence-corrected chi connectivity index (χ1v) is 9.30. The fraction of sp³-hybridized carbons (Fsp3) is 0.182. The molecule has 0 aliphatic carbocycles. The maximum atomic E-state index is 5.72. The van der Waals surface area contributed by atoms with E-state index in [-0.39, 0.29) is 0 Å². The maximum Gasteiger partial charge on any atom is 0.174 e. The van der Waals surface area contributed by atoms with Crippen LogP contribution in [-0.4, -0.2) is 29.2 Å². The molecule has 2 aromatic carbocycles. The first-order chi connectivity index (χ1) is 13.7. The fourth-order valence-corrected chi connectivity index (χ4v) is 3.05. The van der Waals surface area contributed by atoms with E-state index in [0.717, 1.165) is 28.3 Å². The smallest absolute Gasteiger partial charge is 0.174 e. The van der Waals surface area contributed by atoms with Gasteiger partial charge in [0.15, 0.2) is 5.11 Å². The zero-order valence-corrected chi connectivity index (χ0v) is 16.8. The number of methoxy groups -OCH3 is 2. The highest BCUT2D eigenvalue weighted by atomic mass is 32.1. The second kappa shape index (κ2) is 9.71. The Hall–Kier alpha value is -3.12. The van der Waals surface area contributed by atoms with Crippen molar-refractivity contribution >= 4 is 23.0 Å². The minimum Gasteiger partial charge on any atom is -0.497 e. The molecule has 0 radical (unpaired) electrons. The molecule has 6 heteroatoms. The van der Waals surface area contributed by atoms with Crippen LogP contribution in [0.2, 0.25) is 0 Å². The summed E-state index contributed by atoms with van der Waals surface area (Å²) in [6.07, 6.45) is 3.62. The van der Waals surface area contributed by atoms with Gasteiger partial charge < -0.3 is 19.7 Å². The standard InChI is InChI=1S/C22H23N3O2S/c1-26-20-9-3-6-17(12-20)15-25(16-18-7-5-11-23-14-18)22(28)24-19-8-4-10-21(13-19)27-2/h3-14H,15-16H2,1-2H3,(H,24,28). The molecule has 28 heavy (non-hydrogen) atoms. The molecule has 0 bridgehead atoms. The van der Waals surface area contributed by atoms with Crippen molar-refractivity contribution < 1.29 is 9.47 Å². The van der Waals surface area contributed by atoms with Crippen LogP contribution in [0.3, 0.4) is 0 Å². The van der Waals surface area contributed by atoms with Gasteiger partial charge in [0.05, 0.1) is 14.2 Å². The average molecular weight is 394 g/mol. The lowest BCUT2D eigenvalue weighted by atomic mass is 10.2. The first-order valence-electron chi connectivity index (χ1n) is 8.90. The Balaban J connectivity index is 1.80. The number of nitrogens with one attached hydrogen (secondary N) is 1. The maximum absolute atomic E-state index is 5.72. The van der Waals surface area contributed by atoms with Crippen molar-refractivity contribution in [3.63, 3.8) is 0 Å². The SMILES string of the molecule is COc1cccc(CN(Cc2cccnc2)C(=S)Nc2cccc(OC)c2)c1. The quantitative estimate of drug-likeness (QED) is 0.597. The summed E-state index contributed by atoms with van der Waals surface area (Å²) < 4.78 is 10.6. The van der Waals surface area contributed by atoms with E-state index in [1.165, 1.54) is 0 Å². The summed E-state index contributed by atoms with van der Waals surface area (Å²) in [4.78, 5) is 6.31. The third-order valence-corrected chi connectivity index (χ3v) is 4.57. The van der Waals surface area contributed by atoms with Crippen molar-refractivity contribution in [2.75, 3.05) is 19.5 Å². The normalized spacial score (nSPS) is 10.2. The van der Waals surface area contributed by atoms with Crippen LogP contribution < -0.4 is 14.8 Å². The van der Waals surface area contributed by atoms with Crippen LogP contribution in [-0.2, 0) is 13.1 Å². The molecule has 0 saturated carbocycles. The molecule has 0 aliphatic rings. The molecule has 3 aromatic rings. The third kappa shape index (κ3) is 5.44. The van der Waals surface area contributed by atoms with Gasteiger partial charge in [-0.1, -0.05) is 24.3 Å². The van der Waals surface area contributed by atoms with E-state index in [9.17, 15) is 0 Å². The van der Waals surface area contributed by atoms with Crippen molar-refractivity contribution in [2.24, 2.45) is 0 Å². The van der Waals surface area contributed by atoms with Crippen LogP contribution >= 0.6 is 12.2 Å². The predicted molar refractivity (Wildman–Crippen MR) is 116 cm³/mol. The van der Waals surface area contributed by atoms with Gasteiger partial charge in [-0.25, -0.2) is 0 Å². The van der Waals surface area contributed by atoms with Crippen LogP contribution in [0.15, 0.2) is 73.1 Å². The number of nitrogens with zero attached hydrogens (tertiary/aromatic N) is 2. The Bertz CT molecular complexity index is 918. The Morgan fingerprint density at radius 1 is 0.929 bits per heavy atom. The lowest BCUT2D eigenvalue weighted by molar-refractivity contribution is 0.401. The van der Waals surface area contributed by atoms with Crippen LogP contribution in [0.5, 0.6) is 11.5 Å². The molecule has 5 nitrogen and oxygen atoms in total. The van der Waals surface area contributed by atoms with Gasteiger partial charge in [0.1, 0.15) is 11.5 Å². The fourth-order valence-electron chi connectivity index (χ4n) is 2.81. The Morgan fingerprint density at radius 2 is 1.61 bits per heavy atom. The van der Waals surface area contributed by atoms with Gasteiger partial charge in [0, 0.05) is 37.2 Å². The number of hydrogen-bond donors (Lipinski definition) is 1. The van der Waals surface area contributed by atoms with Crippen molar-refractivity contribution in [1.29, 1.82) is 0 Å². The monoisotopic (exact) mass is 393 g/mol. The first kappa shape index (κ1) is 19.6. The minimum absolute atomic E-state index is 0.625. The van der Waals surface area contributed by atoms with Gasteiger partial charge in [-0.3, -0.25) is 4.98 Å². The molecule has 0 atom stereocenters. The molecule has 1 aromatic heterocycles. The van der Waals surface area contributed by atoms with Crippen LogP contribution in [0, 0.1) is 0 Å². The zero-order chi connectivity index (χ0) is 19.8. The van der Waals surface area contributed by atoms with E-state index < -0.39 is 0 Å². The molecule has 0 fully saturated rings. The van der Waals surface area contributed by atoms with Gasteiger partial charge >= 0.3 is 0 Å². The molecule has 0 aliphatic heterocycles. The van der Waals surface area contributed by atoms with Crippen molar-refractivity contribution in [3.05, 3.63) is 84.2 Å². The highest BCUT2D eigenvalue weighted by Crippen LogP contribution is 2.20. The van der Waals surface area contributed by atoms with E-state index in [4.69, 9.17) is 21.7 Å². The molecule has 3 rings (SSSR count). The van der Waals surface area contributed by atoms with E-state index in [0.29, 0.717) is 18.2 Å². The summed E-state index contributed by atoms with van der Waals surface area (Å²) >= 11 is 5.72. The minimum atomic E-state index is 0.625. The number of hydrogen-bond acceptors (Lipinski definition) is 4. The van der Waals surface area contributed by atoms with E-state index >= 15 is 0 Å². The lowest BCUT2D eigenvalue weighted by Crippen LogP contribution is -2.33. The number of ether oxygens (including phenoxy) is 2. The summed E-state index contributed by atoms with van der Waals surface area (Å²) in [5.41, 5.74) is 3.07. The number of rotatable bonds is 7. The summed E-state index contributed by atoms with van der Waals surface area (Å²) in [7, 11) is 3.32. The molecular formula is C22H23N3O2S. The van der Waals surface area contributed by atoms with Gasteiger partial charge in [-0.2, -0.15) is 0 Å².